The molecule has 1 atom stereocenters. The van der Waals surface area contributed by atoms with E-state index in [9.17, 15) is 5.11 Å². The zero-order valence-electron chi connectivity index (χ0n) is 12.5. The van der Waals surface area contributed by atoms with E-state index >= 15 is 0 Å². The van der Waals surface area contributed by atoms with Gasteiger partial charge in [0.05, 0.1) is 12.6 Å². The Bertz CT molecular complexity index is 733. The molecule has 114 valence electrons. The summed E-state index contributed by atoms with van der Waals surface area (Å²) in [4.78, 5) is 4.28. The first-order valence-corrected chi connectivity index (χ1v) is 7.17. The summed E-state index contributed by atoms with van der Waals surface area (Å²) in [7, 11) is 0. The zero-order chi connectivity index (χ0) is 15.5. The fourth-order valence-electron chi connectivity index (χ4n) is 2.36. The summed E-state index contributed by atoms with van der Waals surface area (Å²) in [6.07, 6.45) is 2.71. The fraction of sp³-hybridized carbons (Fsp3) is 0.333. The Morgan fingerprint density at radius 1 is 1.18 bits per heavy atom. The Morgan fingerprint density at radius 3 is 2.68 bits per heavy atom. The van der Waals surface area contributed by atoms with E-state index in [0.29, 0.717) is 12.4 Å². The van der Waals surface area contributed by atoms with Crippen LogP contribution in [0.4, 0.5) is 0 Å². The first-order valence-electron chi connectivity index (χ1n) is 7.17. The maximum atomic E-state index is 10.5. The molecule has 7 nitrogen and oxygen atoms in total. The Labute approximate surface area is 128 Å². The van der Waals surface area contributed by atoms with Crippen LogP contribution in [0, 0.1) is 0 Å². The van der Waals surface area contributed by atoms with Crippen LogP contribution in [0.1, 0.15) is 43.2 Å². The zero-order valence-corrected chi connectivity index (χ0v) is 12.5. The molecule has 0 bridgehead atoms. The average molecular weight is 298 g/mol. The molecule has 2 aromatic heterocycles. The van der Waals surface area contributed by atoms with Crippen molar-refractivity contribution in [1.29, 1.82) is 0 Å². The monoisotopic (exact) mass is 298 g/mol. The summed E-state index contributed by atoms with van der Waals surface area (Å²) < 4.78 is 3.63. The number of rotatable bonds is 5. The van der Waals surface area contributed by atoms with Gasteiger partial charge in [-0.15, -0.1) is 5.10 Å². The quantitative estimate of drug-likeness (QED) is 0.773. The molecule has 0 aliphatic heterocycles. The summed E-state index contributed by atoms with van der Waals surface area (Å²) in [5, 5.41) is 22.3. The van der Waals surface area contributed by atoms with Gasteiger partial charge in [0, 0.05) is 12.4 Å². The number of imidazole rings is 1. The number of nitrogens with zero attached hydrogens (tertiary/aromatic N) is 6. The lowest BCUT2D eigenvalue weighted by atomic mass is 10.1. The third-order valence-corrected chi connectivity index (χ3v) is 3.47. The summed E-state index contributed by atoms with van der Waals surface area (Å²) in [6, 6.07) is 9.63. The second kappa shape index (κ2) is 6.07. The number of hydrogen-bond donors (Lipinski definition) is 1. The molecule has 1 N–H and O–H groups in total. The minimum atomic E-state index is -0.778. The molecule has 1 aromatic carbocycles. The van der Waals surface area contributed by atoms with Crippen molar-refractivity contribution in [3.8, 4) is 0 Å². The van der Waals surface area contributed by atoms with Gasteiger partial charge in [-0.2, -0.15) is 0 Å². The van der Waals surface area contributed by atoms with Crippen LogP contribution >= 0.6 is 0 Å². The Balaban J connectivity index is 1.88. The van der Waals surface area contributed by atoms with E-state index in [1.54, 1.807) is 10.9 Å². The number of aliphatic hydroxyl groups is 1. The molecule has 0 amide bonds. The van der Waals surface area contributed by atoms with Gasteiger partial charge in [-0.3, -0.25) is 0 Å². The van der Waals surface area contributed by atoms with Crippen molar-refractivity contribution in [2.24, 2.45) is 0 Å². The minimum absolute atomic E-state index is 0.177. The molecule has 22 heavy (non-hydrogen) atoms. The molecule has 7 heteroatoms. The molecule has 3 rings (SSSR count). The molecule has 0 radical (unpaired) electrons. The topological polar surface area (TPSA) is 81.7 Å². The Hall–Kier alpha value is -2.54. The number of tetrazole rings is 1. The molecule has 0 spiro atoms. The fourth-order valence-corrected chi connectivity index (χ4v) is 2.36. The van der Waals surface area contributed by atoms with Crippen molar-refractivity contribution in [2.75, 3.05) is 0 Å². The van der Waals surface area contributed by atoms with Crippen LogP contribution in [0.25, 0.3) is 0 Å². The highest BCUT2D eigenvalue weighted by molar-refractivity contribution is 5.23. The minimum Gasteiger partial charge on any atom is -0.380 e. The van der Waals surface area contributed by atoms with Crippen LogP contribution in [-0.4, -0.2) is 34.9 Å². The van der Waals surface area contributed by atoms with Gasteiger partial charge in [0.15, 0.2) is 5.82 Å². The lowest BCUT2D eigenvalue weighted by Gasteiger charge is -2.14. The van der Waals surface area contributed by atoms with E-state index in [1.807, 2.05) is 54.9 Å². The van der Waals surface area contributed by atoms with Gasteiger partial charge >= 0.3 is 0 Å². The maximum absolute atomic E-state index is 10.5. The summed E-state index contributed by atoms with van der Waals surface area (Å²) in [5.41, 5.74) is 0.804. The van der Waals surface area contributed by atoms with Crippen LogP contribution in [0.5, 0.6) is 0 Å². The van der Waals surface area contributed by atoms with Crippen LogP contribution < -0.4 is 0 Å². The van der Waals surface area contributed by atoms with E-state index < -0.39 is 6.10 Å². The van der Waals surface area contributed by atoms with Gasteiger partial charge in [0.1, 0.15) is 11.9 Å². The van der Waals surface area contributed by atoms with Gasteiger partial charge in [-0.25, -0.2) is 9.67 Å². The van der Waals surface area contributed by atoms with Crippen LogP contribution in [0.15, 0.2) is 42.7 Å². The third-order valence-electron chi connectivity index (χ3n) is 3.47. The first-order chi connectivity index (χ1) is 10.7. The lowest BCUT2D eigenvalue weighted by molar-refractivity contribution is 0.205. The average Bonchev–Trinajstić information content (AvgIpc) is 3.17. The maximum Gasteiger partial charge on any atom is 0.171 e. The van der Waals surface area contributed by atoms with Gasteiger partial charge < -0.3 is 9.67 Å². The normalized spacial score (nSPS) is 12.7. The number of benzene rings is 1. The van der Waals surface area contributed by atoms with E-state index in [-0.39, 0.29) is 6.04 Å². The third kappa shape index (κ3) is 2.75. The Kier molecular flexibility index (Phi) is 3.97. The van der Waals surface area contributed by atoms with Crippen molar-refractivity contribution >= 4 is 0 Å². The van der Waals surface area contributed by atoms with E-state index in [1.165, 1.54) is 0 Å². The summed E-state index contributed by atoms with van der Waals surface area (Å²) in [5.74, 6) is 1.30. The number of aliphatic hydroxyl groups excluding tert-OH is 1. The molecule has 0 aliphatic rings. The second-order valence-electron chi connectivity index (χ2n) is 5.36. The SMILES string of the molecule is CC(C)n1nnnc1Cn1ccnc1[C@H](O)c1ccccc1. The Morgan fingerprint density at radius 2 is 1.95 bits per heavy atom. The van der Waals surface area contributed by atoms with E-state index in [2.05, 4.69) is 20.5 Å². The van der Waals surface area contributed by atoms with Crippen LogP contribution in [-0.2, 0) is 6.54 Å². The van der Waals surface area contributed by atoms with Crippen molar-refractivity contribution in [1.82, 2.24) is 29.8 Å². The predicted molar refractivity (Wildman–Crippen MR) is 80.0 cm³/mol. The molecule has 2 heterocycles. The molecule has 0 fully saturated rings. The van der Waals surface area contributed by atoms with Crippen molar-refractivity contribution in [3.05, 3.63) is 59.9 Å². The van der Waals surface area contributed by atoms with Gasteiger partial charge in [0.2, 0.25) is 0 Å². The van der Waals surface area contributed by atoms with E-state index in [0.717, 1.165) is 11.4 Å². The highest BCUT2D eigenvalue weighted by Crippen LogP contribution is 2.20. The van der Waals surface area contributed by atoms with Crippen molar-refractivity contribution in [3.63, 3.8) is 0 Å². The largest absolute Gasteiger partial charge is 0.380 e. The number of hydrogen-bond acceptors (Lipinski definition) is 5. The van der Waals surface area contributed by atoms with Gasteiger partial charge in [-0.1, -0.05) is 30.3 Å². The summed E-state index contributed by atoms with van der Waals surface area (Å²) >= 11 is 0. The second-order valence-corrected chi connectivity index (χ2v) is 5.36. The molecule has 0 saturated carbocycles. The molecule has 0 unspecified atom stereocenters. The van der Waals surface area contributed by atoms with Crippen molar-refractivity contribution < 1.29 is 5.11 Å². The van der Waals surface area contributed by atoms with Crippen LogP contribution in [0.3, 0.4) is 0 Å². The standard InChI is InChI=1S/C15H18N6O/c1-11(2)21-13(17-18-19-21)10-20-9-8-16-15(20)14(22)12-6-4-3-5-7-12/h3-9,11,14,22H,10H2,1-2H3/t14-/m1/s1. The lowest BCUT2D eigenvalue weighted by Crippen LogP contribution is -2.15. The first kappa shape index (κ1) is 14.4. The highest BCUT2D eigenvalue weighted by atomic mass is 16.3. The van der Waals surface area contributed by atoms with Gasteiger partial charge in [0.25, 0.3) is 0 Å². The van der Waals surface area contributed by atoms with Gasteiger partial charge in [-0.05, 0) is 29.8 Å². The highest BCUT2D eigenvalue weighted by Gasteiger charge is 2.18. The smallest absolute Gasteiger partial charge is 0.171 e. The van der Waals surface area contributed by atoms with Crippen LogP contribution in [0.2, 0.25) is 0 Å². The molecule has 0 aliphatic carbocycles. The molecule has 3 aromatic rings. The molecular formula is C15H18N6O. The van der Waals surface area contributed by atoms with E-state index in [4.69, 9.17) is 0 Å². The predicted octanol–water partition coefficient (Wildman–Crippen LogP) is 1.58. The summed E-state index contributed by atoms with van der Waals surface area (Å²) in [6.45, 7) is 4.51. The van der Waals surface area contributed by atoms with Crippen molar-refractivity contribution in [2.45, 2.75) is 32.5 Å². The molecular weight excluding hydrogens is 280 g/mol. The number of aromatic nitrogens is 6. The molecule has 0 saturated heterocycles.